The third kappa shape index (κ3) is 3.08. The van der Waals surface area contributed by atoms with Gasteiger partial charge in [0, 0.05) is 24.9 Å². The van der Waals surface area contributed by atoms with E-state index in [0.717, 1.165) is 54.3 Å². The fourth-order valence-corrected chi connectivity index (χ4v) is 3.37. The van der Waals surface area contributed by atoms with E-state index in [4.69, 9.17) is 14.5 Å². The zero-order valence-corrected chi connectivity index (χ0v) is 15.0. The van der Waals surface area contributed by atoms with Crippen LogP contribution in [-0.4, -0.2) is 40.9 Å². The second kappa shape index (κ2) is 6.88. The highest BCUT2D eigenvalue weighted by atomic mass is 16.5. The number of ether oxygens (including phenoxy) is 2. The van der Waals surface area contributed by atoms with Gasteiger partial charge in [0.2, 0.25) is 0 Å². The first-order valence-corrected chi connectivity index (χ1v) is 8.87. The SMILES string of the molecule is COc1ccc(-c2nc3ccc(C)cn3c2NC[C@H]2CCCO2)cc1O. The van der Waals surface area contributed by atoms with Gasteiger partial charge in [-0.2, -0.15) is 0 Å². The summed E-state index contributed by atoms with van der Waals surface area (Å²) in [6.07, 6.45) is 4.47. The Morgan fingerprint density at radius 1 is 1.35 bits per heavy atom. The van der Waals surface area contributed by atoms with Crippen LogP contribution in [0.5, 0.6) is 11.5 Å². The number of rotatable bonds is 5. The summed E-state index contributed by atoms with van der Waals surface area (Å²) >= 11 is 0. The summed E-state index contributed by atoms with van der Waals surface area (Å²) in [4.78, 5) is 4.77. The molecule has 6 heteroatoms. The van der Waals surface area contributed by atoms with Crippen molar-refractivity contribution in [3.8, 4) is 22.8 Å². The molecule has 0 radical (unpaired) electrons. The summed E-state index contributed by atoms with van der Waals surface area (Å²) in [7, 11) is 1.54. The van der Waals surface area contributed by atoms with Gasteiger partial charge < -0.3 is 19.9 Å². The van der Waals surface area contributed by atoms with Crippen LogP contribution >= 0.6 is 0 Å². The molecule has 26 heavy (non-hydrogen) atoms. The van der Waals surface area contributed by atoms with Gasteiger partial charge in [0.05, 0.1) is 13.2 Å². The van der Waals surface area contributed by atoms with Gasteiger partial charge in [-0.1, -0.05) is 6.07 Å². The molecular weight excluding hydrogens is 330 g/mol. The molecular formula is C20H23N3O3. The summed E-state index contributed by atoms with van der Waals surface area (Å²) in [6.45, 7) is 3.62. The summed E-state index contributed by atoms with van der Waals surface area (Å²) in [5.74, 6) is 1.45. The molecule has 3 heterocycles. The number of imidazole rings is 1. The smallest absolute Gasteiger partial charge is 0.160 e. The largest absolute Gasteiger partial charge is 0.504 e. The third-order valence-electron chi connectivity index (χ3n) is 4.74. The summed E-state index contributed by atoms with van der Waals surface area (Å²) in [5.41, 5.74) is 3.64. The highest BCUT2D eigenvalue weighted by Gasteiger charge is 2.19. The van der Waals surface area contributed by atoms with Crippen molar-refractivity contribution in [3.05, 3.63) is 42.1 Å². The minimum absolute atomic E-state index is 0.100. The number of aromatic hydroxyl groups is 1. The zero-order valence-electron chi connectivity index (χ0n) is 15.0. The number of phenols is 1. The predicted molar refractivity (Wildman–Crippen MR) is 101 cm³/mol. The van der Waals surface area contributed by atoms with Gasteiger partial charge in [0.15, 0.2) is 11.5 Å². The van der Waals surface area contributed by atoms with E-state index in [2.05, 4.69) is 22.8 Å². The fourth-order valence-electron chi connectivity index (χ4n) is 3.37. The Labute approximate surface area is 152 Å². The maximum Gasteiger partial charge on any atom is 0.160 e. The van der Waals surface area contributed by atoms with Crippen molar-refractivity contribution in [2.75, 3.05) is 25.6 Å². The molecule has 0 unspecified atom stereocenters. The Morgan fingerprint density at radius 3 is 2.96 bits per heavy atom. The second-order valence-electron chi connectivity index (χ2n) is 6.65. The van der Waals surface area contributed by atoms with Crippen molar-refractivity contribution in [1.29, 1.82) is 0 Å². The van der Waals surface area contributed by atoms with Crippen LogP contribution in [0.3, 0.4) is 0 Å². The Balaban J connectivity index is 1.77. The van der Waals surface area contributed by atoms with E-state index >= 15 is 0 Å². The van der Waals surface area contributed by atoms with Gasteiger partial charge in [-0.3, -0.25) is 4.40 Å². The first-order chi connectivity index (χ1) is 12.7. The summed E-state index contributed by atoms with van der Waals surface area (Å²) in [5, 5.41) is 13.7. The lowest BCUT2D eigenvalue weighted by Crippen LogP contribution is -2.19. The van der Waals surface area contributed by atoms with Crippen molar-refractivity contribution >= 4 is 11.5 Å². The molecule has 0 spiro atoms. The zero-order chi connectivity index (χ0) is 18.1. The average Bonchev–Trinajstić information content (AvgIpc) is 3.27. The molecule has 1 atom stereocenters. The maximum absolute atomic E-state index is 10.2. The number of aryl methyl sites for hydroxylation is 1. The Bertz CT molecular complexity index is 929. The average molecular weight is 353 g/mol. The molecule has 0 amide bonds. The Morgan fingerprint density at radius 2 is 2.23 bits per heavy atom. The molecule has 2 N–H and O–H groups in total. The quantitative estimate of drug-likeness (QED) is 0.733. The van der Waals surface area contributed by atoms with E-state index in [9.17, 15) is 5.11 Å². The van der Waals surface area contributed by atoms with Crippen LogP contribution in [0.1, 0.15) is 18.4 Å². The number of hydrogen-bond donors (Lipinski definition) is 2. The minimum atomic E-state index is 0.100. The predicted octanol–water partition coefficient (Wildman–Crippen LogP) is 3.61. The minimum Gasteiger partial charge on any atom is -0.504 e. The summed E-state index contributed by atoms with van der Waals surface area (Å²) in [6, 6.07) is 9.39. The molecule has 1 fully saturated rings. The van der Waals surface area contributed by atoms with Crippen molar-refractivity contribution in [1.82, 2.24) is 9.38 Å². The molecule has 4 rings (SSSR count). The fraction of sp³-hybridized carbons (Fsp3) is 0.350. The molecule has 2 aromatic heterocycles. The number of nitrogens with zero attached hydrogens (tertiary/aromatic N) is 2. The number of pyridine rings is 1. The number of benzene rings is 1. The molecule has 0 bridgehead atoms. The lowest BCUT2D eigenvalue weighted by atomic mass is 10.1. The van der Waals surface area contributed by atoms with Crippen molar-refractivity contribution in [2.45, 2.75) is 25.9 Å². The van der Waals surface area contributed by atoms with Crippen LogP contribution in [0.25, 0.3) is 16.9 Å². The lowest BCUT2D eigenvalue weighted by Gasteiger charge is -2.13. The van der Waals surface area contributed by atoms with E-state index in [1.165, 1.54) is 7.11 Å². The molecule has 3 aromatic rings. The summed E-state index contributed by atoms with van der Waals surface area (Å²) < 4.78 is 12.9. The number of aromatic nitrogens is 2. The normalized spacial score (nSPS) is 16.9. The molecule has 6 nitrogen and oxygen atoms in total. The first kappa shape index (κ1) is 16.7. The molecule has 1 aliphatic heterocycles. The molecule has 1 saturated heterocycles. The van der Waals surface area contributed by atoms with Gasteiger partial charge in [0.25, 0.3) is 0 Å². The van der Waals surface area contributed by atoms with E-state index in [1.807, 2.05) is 18.2 Å². The van der Waals surface area contributed by atoms with Crippen molar-refractivity contribution in [2.24, 2.45) is 0 Å². The number of nitrogens with one attached hydrogen (secondary N) is 1. The number of fused-ring (bicyclic) bond motifs is 1. The standard InChI is InChI=1S/C20H23N3O3/c1-13-5-8-18-22-19(14-6-7-17(25-2)16(24)10-14)20(23(18)12-13)21-11-15-4-3-9-26-15/h5-8,10,12,15,21,24H,3-4,9,11H2,1-2H3/t15-/m1/s1. The maximum atomic E-state index is 10.2. The highest BCUT2D eigenvalue weighted by molar-refractivity contribution is 5.78. The highest BCUT2D eigenvalue weighted by Crippen LogP contribution is 2.35. The van der Waals surface area contributed by atoms with E-state index in [-0.39, 0.29) is 11.9 Å². The Kier molecular flexibility index (Phi) is 4.42. The molecule has 136 valence electrons. The molecule has 1 aliphatic rings. The van der Waals surface area contributed by atoms with Gasteiger partial charge in [-0.05, 0) is 49.6 Å². The van der Waals surface area contributed by atoms with E-state index in [1.54, 1.807) is 12.1 Å². The van der Waals surface area contributed by atoms with Crippen molar-refractivity contribution in [3.63, 3.8) is 0 Å². The van der Waals surface area contributed by atoms with Crippen LogP contribution in [0.2, 0.25) is 0 Å². The van der Waals surface area contributed by atoms with Crippen molar-refractivity contribution < 1.29 is 14.6 Å². The number of anilines is 1. The molecule has 1 aromatic carbocycles. The van der Waals surface area contributed by atoms with Gasteiger partial charge in [-0.25, -0.2) is 4.98 Å². The first-order valence-electron chi connectivity index (χ1n) is 8.87. The van der Waals surface area contributed by atoms with Crippen LogP contribution in [0.4, 0.5) is 5.82 Å². The number of phenolic OH excluding ortho intramolecular Hbond substituents is 1. The van der Waals surface area contributed by atoms with Crippen LogP contribution in [0, 0.1) is 6.92 Å². The van der Waals surface area contributed by atoms with Gasteiger partial charge in [0.1, 0.15) is 17.2 Å². The van der Waals surface area contributed by atoms with Crippen LogP contribution in [-0.2, 0) is 4.74 Å². The van der Waals surface area contributed by atoms with Crippen LogP contribution < -0.4 is 10.1 Å². The molecule has 0 saturated carbocycles. The second-order valence-corrected chi connectivity index (χ2v) is 6.65. The lowest BCUT2D eigenvalue weighted by molar-refractivity contribution is 0.120. The number of hydrogen-bond acceptors (Lipinski definition) is 5. The Hall–Kier alpha value is -2.73. The van der Waals surface area contributed by atoms with E-state index < -0.39 is 0 Å². The number of methoxy groups -OCH3 is 1. The van der Waals surface area contributed by atoms with E-state index in [0.29, 0.717) is 5.75 Å². The van der Waals surface area contributed by atoms with Crippen LogP contribution in [0.15, 0.2) is 36.5 Å². The monoisotopic (exact) mass is 353 g/mol. The topological polar surface area (TPSA) is 68.0 Å². The van der Waals surface area contributed by atoms with Gasteiger partial charge in [-0.15, -0.1) is 0 Å². The molecule has 0 aliphatic carbocycles. The third-order valence-corrected chi connectivity index (χ3v) is 4.74. The van der Waals surface area contributed by atoms with Gasteiger partial charge >= 0.3 is 0 Å².